The third-order valence-electron chi connectivity index (χ3n) is 4.87. The first-order valence-corrected chi connectivity index (χ1v) is 8.92. The molecule has 0 aliphatic rings. The van der Waals surface area contributed by atoms with Crippen LogP contribution in [0, 0.1) is 6.92 Å². The first-order valence-electron chi connectivity index (χ1n) is 8.11. The Kier molecular flexibility index (Phi) is 2.91. The number of thiazole rings is 1. The van der Waals surface area contributed by atoms with E-state index in [0.717, 1.165) is 32.6 Å². The normalized spacial score (nSPS) is 12.8. The highest BCUT2D eigenvalue weighted by atomic mass is 32.1. The average Bonchev–Trinajstić information content (AvgIpc) is 3.22. The van der Waals surface area contributed by atoms with Crippen molar-refractivity contribution in [1.82, 2.24) is 14.0 Å². The van der Waals surface area contributed by atoms with Crippen LogP contribution in [0.4, 0.5) is 0 Å². The van der Waals surface area contributed by atoms with Crippen molar-refractivity contribution in [3.05, 3.63) is 74.7 Å². The zero-order valence-electron chi connectivity index (χ0n) is 13.9. The number of para-hydroxylation sites is 3. The van der Waals surface area contributed by atoms with Gasteiger partial charge < -0.3 is 4.57 Å². The number of hydrogen-bond acceptors (Lipinski definition) is 3. The smallest absolute Gasteiger partial charge is 0.274 e. The van der Waals surface area contributed by atoms with Crippen molar-refractivity contribution >= 4 is 44.3 Å². The van der Waals surface area contributed by atoms with Gasteiger partial charge in [-0.2, -0.15) is 0 Å². The molecule has 0 aliphatic heterocycles. The van der Waals surface area contributed by atoms with Crippen LogP contribution in [0.25, 0.3) is 33.0 Å². The second-order valence-corrected chi connectivity index (χ2v) is 7.22. The fraction of sp³-hybridized carbons (Fsp3) is 0.100. The SMILES string of the molecule is Cc1c(C=c2sc3nc4ccccc4n3c2=O)c2ccccc2n1C. The summed E-state index contributed by atoms with van der Waals surface area (Å²) in [5.41, 5.74) is 5.15. The van der Waals surface area contributed by atoms with E-state index in [9.17, 15) is 4.79 Å². The molecule has 5 heteroatoms. The Hall–Kier alpha value is -2.92. The van der Waals surface area contributed by atoms with Gasteiger partial charge in [0, 0.05) is 29.2 Å². The number of rotatable bonds is 1. The highest BCUT2D eigenvalue weighted by Gasteiger charge is 2.13. The minimum absolute atomic E-state index is 0.000958. The van der Waals surface area contributed by atoms with E-state index in [1.165, 1.54) is 16.9 Å². The zero-order valence-corrected chi connectivity index (χ0v) is 14.7. The summed E-state index contributed by atoms with van der Waals surface area (Å²) < 4.78 is 4.60. The highest BCUT2D eigenvalue weighted by Crippen LogP contribution is 2.25. The van der Waals surface area contributed by atoms with Crippen molar-refractivity contribution in [2.24, 2.45) is 7.05 Å². The molecule has 0 N–H and O–H groups in total. The summed E-state index contributed by atoms with van der Waals surface area (Å²) in [4.78, 5) is 18.3. The molecule has 25 heavy (non-hydrogen) atoms. The standard InChI is InChI=1S/C20H15N3OS/c1-12-14(13-7-3-5-9-16(13)22(12)2)11-18-19(24)23-17-10-6-4-8-15(17)21-20(23)25-18/h3-11H,1-2H3. The van der Waals surface area contributed by atoms with Gasteiger partial charge in [-0.1, -0.05) is 41.7 Å². The topological polar surface area (TPSA) is 39.3 Å². The number of benzene rings is 2. The number of aryl methyl sites for hydroxylation is 1. The predicted octanol–water partition coefficient (Wildman–Crippen LogP) is 3.26. The second kappa shape index (κ2) is 5.04. The summed E-state index contributed by atoms with van der Waals surface area (Å²) in [6, 6.07) is 16.0. The molecule has 0 unspecified atom stereocenters. The lowest BCUT2D eigenvalue weighted by Gasteiger charge is -1.97. The molecule has 0 saturated heterocycles. The Labute approximate surface area is 147 Å². The molecule has 3 heterocycles. The monoisotopic (exact) mass is 345 g/mol. The number of aromatic nitrogens is 3. The Morgan fingerprint density at radius 2 is 1.76 bits per heavy atom. The lowest BCUT2D eigenvalue weighted by atomic mass is 10.1. The lowest BCUT2D eigenvalue weighted by molar-refractivity contribution is 0.916. The molecule has 122 valence electrons. The van der Waals surface area contributed by atoms with Gasteiger partial charge in [-0.05, 0) is 31.2 Å². The van der Waals surface area contributed by atoms with Crippen molar-refractivity contribution in [3.8, 4) is 0 Å². The van der Waals surface area contributed by atoms with Crippen LogP contribution in [0.5, 0.6) is 0 Å². The van der Waals surface area contributed by atoms with Crippen molar-refractivity contribution in [3.63, 3.8) is 0 Å². The minimum atomic E-state index is 0.000958. The van der Waals surface area contributed by atoms with Gasteiger partial charge in [0.05, 0.1) is 15.6 Å². The van der Waals surface area contributed by atoms with Crippen molar-refractivity contribution in [1.29, 1.82) is 0 Å². The Morgan fingerprint density at radius 1 is 1.04 bits per heavy atom. The van der Waals surface area contributed by atoms with E-state index < -0.39 is 0 Å². The maximum Gasteiger partial charge on any atom is 0.274 e. The molecule has 0 atom stereocenters. The van der Waals surface area contributed by atoms with Crippen LogP contribution in [0.3, 0.4) is 0 Å². The van der Waals surface area contributed by atoms with Crippen molar-refractivity contribution in [2.75, 3.05) is 0 Å². The van der Waals surface area contributed by atoms with E-state index in [4.69, 9.17) is 0 Å². The molecular formula is C20H15N3OS. The van der Waals surface area contributed by atoms with E-state index in [2.05, 4.69) is 35.7 Å². The summed E-state index contributed by atoms with van der Waals surface area (Å²) in [7, 11) is 2.06. The lowest BCUT2D eigenvalue weighted by Crippen LogP contribution is -2.22. The van der Waals surface area contributed by atoms with E-state index in [-0.39, 0.29) is 5.56 Å². The quantitative estimate of drug-likeness (QED) is 0.468. The van der Waals surface area contributed by atoms with Gasteiger partial charge in [0.25, 0.3) is 5.56 Å². The molecule has 5 rings (SSSR count). The third-order valence-corrected chi connectivity index (χ3v) is 5.84. The average molecular weight is 345 g/mol. The number of imidazole rings is 1. The largest absolute Gasteiger partial charge is 0.347 e. The molecule has 0 amide bonds. The molecule has 0 saturated carbocycles. The maximum absolute atomic E-state index is 13.0. The molecule has 4 nitrogen and oxygen atoms in total. The van der Waals surface area contributed by atoms with E-state index in [1.54, 1.807) is 4.40 Å². The van der Waals surface area contributed by atoms with Crippen LogP contribution >= 0.6 is 11.3 Å². The van der Waals surface area contributed by atoms with Gasteiger partial charge in [-0.15, -0.1) is 0 Å². The number of fused-ring (bicyclic) bond motifs is 4. The van der Waals surface area contributed by atoms with Crippen LogP contribution in [-0.4, -0.2) is 14.0 Å². The minimum Gasteiger partial charge on any atom is -0.347 e. The zero-order chi connectivity index (χ0) is 17.1. The van der Waals surface area contributed by atoms with Crippen LogP contribution in [-0.2, 0) is 7.05 Å². The van der Waals surface area contributed by atoms with Gasteiger partial charge in [-0.25, -0.2) is 9.38 Å². The van der Waals surface area contributed by atoms with E-state index in [0.29, 0.717) is 4.53 Å². The number of nitrogens with zero attached hydrogens (tertiary/aromatic N) is 3. The van der Waals surface area contributed by atoms with Gasteiger partial charge in [0.15, 0.2) is 4.96 Å². The van der Waals surface area contributed by atoms with Crippen LogP contribution in [0.2, 0.25) is 0 Å². The molecule has 0 spiro atoms. The molecule has 0 fully saturated rings. The maximum atomic E-state index is 13.0. The molecule has 2 aromatic carbocycles. The predicted molar refractivity (Wildman–Crippen MR) is 103 cm³/mol. The first kappa shape index (κ1) is 14.4. The molecule has 0 bridgehead atoms. The summed E-state index contributed by atoms with van der Waals surface area (Å²) in [5, 5.41) is 1.16. The van der Waals surface area contributed by atoms with Crippen molar-refractivity contribution in [2.45, 2.75) is 6.92 Å². The van der Waals surface area contributed by atoms with Crippen molar-refractivity contribution < 1.29 is 0 Å². The molecule has 0 aliphatic carbocycles. The Morgan fingerprint density at radius 3 is 2.60 bits per heavy atom. The molecule has 5 aromatic rings. The number of hydrogen-bond donors (Lipinski definition) is 0. The fourth-order valence-electron chi connectivity index (χ4n) is 3.48. The summed E-state index contributed by atoms with van der Waals surface area (Å²) in [6.45, 7) is 2.09. The van der Waals surface area contributed by atoms with Crippen LogP contribution in [0.1, 0.15) is 11.3 Å². The molecule has 3 aromatic heterocycles. The third kappa shape index (κ3) is 1.93. The summed E-state index contributed by atoms with van der Waals surface area (Å²) in [5.74, 6) is 0. The molecule has 0 radical (unpaired) electrons. The fourth-order valence-corrected chi connectivity index (χ4v) is 4.44. The summed E-state index contributed by atoms with van der Waals surface area (Å²) >= 11 is 1.45. The van der Waals surface area contributed by atoms with E-state index >= 15 is 0 Å². The van der Waals surface area contributed by atoms with Gasteiger partial charge in [-0.3, -0.25) is 4.79 Å². The van der Waals surface area contributed by atoms with Gasteiger partial charge in [0.1, 0.15) is 0 Å². The van der Waals surface area contributed by atoms with Crippen LogP contribution < -0.4 is 10.1 Å². The summed E-state index contributed by atoms with van der Waals surface area (Å²) in [6.07, 6.45) is 2.01. The van der Waals surface area contributed by atoms with Gasteiger partial charge >= 0.3 is 0 Å². The highest BCUT2D eigenvalue weighted by molar-refractivity contribution is 7.15. The second-order valence-electron chi connectivity index (χ2n) is 6.21. The van der Waals surface area contributed by atoms with Crippen LogP contribution in [0.15, 0.2) is 53.3 Å². The van der Waals surface area contributed by atoms with Gasteiger partial charge in [0.2, 0.25) is 0 Å². The molecular weight excluding hydrogens is 330 g/mol. The Balaban J connectivity index is 1.87. The van der Waals surface area contributed by atoms with E-state index in [1.807, 2.05) is 42.5 Å². The first-order chi connectivity index (χ1) is 12.1. The Bertz CT molecular complexity index is 1390.